The number of imidazole rings is 1. The summed E-state index contributed by atoms with van der Waals surface area (Å²) in [5.74, 6) is 0.133. The molecule has 1 unspecified atom stereocenters. The van der Waals surface area contributed by atoms with Crippen molar-refractivity contribution in [3.8, 4) is 0 Å². The molecule has 6 heteroatoms. The van der Waals surface area contributed by atoms with E-state index in [9.17, 15) is 4.79 Å². The van der Waals surface area contributed by atoms with E-state index in [-0.39, 0.29) is 17.1 Å². The Morgan fingerprint density at radius 3 is 2.30 bits per heavy atom. The Morgan fingerprint density at radius 1 is 1.11 bits per heavy atom. The number of nitrogens with zero attached hydrogens (tertiary/aromatic N) is 3. The minimum Gasteiger partial charge on any atom is -0.376 e. The van der Waals surface area contributed by atoms with E-state index in [0.717, 1.165) is 5.56 Å². The fraction of sp³-hybridized carbons (Fsp3) is 0.190. The predicted molar refractivity (Wildman–Crippen MR) is 112 cm³/mol. The normalized spacial score (nSPS) is 12.0. The lowest BCUT2D eigenvalue weighted by Gasteiger charge is -2.25. The monoisotopic (exact) mass is 378 g/mol. The van der Waals surface area contributed by atoms with E-state index in [1.807, 2.05) is 55.0 Å². The summed E-state index contributed by atoms with van der Waals surface area (Å²) in [6, 6.07) is 16.9. The number of nitrogens with two attached hydrogens (primary N) is 1. The van der Waals surface area contributed by atoms with E-state index < -0.39 is 0 Å². The molecule has 0 aliphatic carbocycles. The quantitative estimate of drug-likeness (QED) is 0.681. The minimum atomic E-state index is -0.245. The Balaban J connectivity index is 1.92. The predicted octanol–water partition coefficient (Wildman–Crippen LogP) is 4.02. The van der Waals surface area contributed by atoms with Crippen molar-refractivity contribution < 1.29 is 4.79 Å². The molecule has 1 aromatic heterocycles. The molecular formula is C21H22N4OS. The van der Waals surface area contributed by atoms with Crippen LogP contribution < -0.4 is 10.6 Å². The van der Waals surface area contributed by atoms with Gasteiger partial charge in [-0.1, -0.05) is 44.2 Å². The van der Waals surface area contributed by atoms with Crippen molar-refractivity contribution >= 4 is 28.9 Å². The first-order valence-electron chi connectivity index (χ1n) is 8.75. The van der Waals surface area contributed by atoms with Gasteiger partial charge in [0, 0.05) is 18.0 Å². The van der Waals surface area contributed by atoms with Gasteiger partial charge in [-0.15, -0.1) is 0 Å². The maximum atomic E-state index is 12.8. The van der Waals surface area contributed by atoms with Gasteiger partial charge in [-0.25, -0.2) is 4.98 Å². The number of hydrogen-bond acceptors (Lipinski definition) is 3. The number of carbonyl (C=O) groups is 1. The molecule has 1 heterocycles. The summed E-state index contributed by atoms with van der Waals surface area (Å²) in [6.07, 6.45) is 5.55. The smallest absolute Gasteiger partial charge is 0.264 e. The highest BCUT2D eigenvalue weighted by molar-refractivity contribution is 7.80. The SMILES string of the molecule is CC(C)C(c1ccc(N(C(=O)c2ccccc2)C(N)=S)cc1)n1ccnc1. The molecule has 27 heavy (non-hydrogen) atoms. The van der Waals surface area contributed by atoms with Crippen molar-refractivity contribution in [3.05, 3.63) is 84.4 Å². The molecule has 3 rings (SSSR count). The second-order valence-corrected chi connectivity index (χ2v) is 7.05. The van der Waals surface area contributed by atoms with E-state index in [0.29, 0.717) is 17.2 Å². The molecule has 2 aromatic carbocycles. The molecule has 3 aromatic rings. The summed E-state index contributed by atoms with van der Waals surface area (Å²) >= 11 is 5.14. The lowest BCUT2D eigenvalue weighted by atomic mass is 9.95. The van der Waals surface area contributed by atoms with Crippen LogP contribution in [0.25, 0.3) is 0 Å². The van der Waals surface area contributed by atoms with Gasteiger partial charge >= 0.3 is 0 Å². The van der Waals surface area contributed by atoms with E-state index in [4.69, 9.17) is 18.0 Å². The van der Waals surface area contributed by atoms with Crippen LogP contribution in [0.4, 0.5) is 5.69 Å². The molecule has 1 atom stereocenters. The third-order valence-electron chi connectivity index (χ3n) is 4.41. The summed E-state index contributed by atoms with van der Waals surface area (Å²) < 4.78 is 2.08. The average Bonchev–Trinajstić information content (AvgIpc) is 3.17. The molecule has 0 fully saturated rings. The number of anilines is 1. The van der Waals surface area contributed by atoms with Gasteiger partial charge in [-0.3, -0.25) is 9.69 Å². The van der Waals surface area contributed by atoms with Crippen LogP contribution in [-0.4, -0.2) is 20.6 Å². The largest absolute Gasteiger partial charge is 0.376 e. The Morgan fingerprint density at radius 2 is 1.78 bits per heavy atom. The standard InChI is InChI=1S/C21H22N4OS/c1-15(2)19(24-13-12-23-14-24)16-8-10-18(11-9-16)25(21(22)27)20(26)17-6-4-3-5-7-17/h3-15,19H,1-2H3,(H2,22,27). The Hall–Kier alpha value is -2.99. The molecular weight excluding hydrogens is 356 g/mol. The summed E-state index contributed by atoms with van der Waals surface area (Å²) in [5.41, 5.74) is 8.16. The van der Waals surface area contributed by atoms with Gasteiger partial charge in [0.1, 0.15) is 0 Å². The van der Waals surface area contributed by atoms with Crippen LogP contribution in [0.2, 0.25) is 0 Å². The maximum absolute atomic E-state index is 12.8. The van der Waals surface area contributed by atoms with Gasteiger partial charge in [0.15, 0.2) is 5.11 Å². The number of amides is 1. The van der Waals surface area contributed by atoms with E-state index in [1.165, 1.54) is 4.90 Å². The van der Waals surface area contributed by atoms with Gasteiger partial charge in [-0.2, -0.15) is 0 Å². The van der Waals surface area contributed by atoms with Gasteiger partial charge in [0.05, 0.1) is 18.1 Å². The van der Waals surface area contributed by atoms with Gasteiger partial charge in [0.25, 0.3) is 5.91 Å². The van der Waals surface area contributed by atoms with E-state index in [2.05, 4.69) is 23.4 Å². The average molecular weight is 379 g/mol. The topological polar surface area (TPSA) is 64.2 Å². The fourth-order valence-corrected chi connectivity index (χ4v) is 3.40. The molecule has 0 saturated heterocycles. The fourth-order valence-electron chi connectivity index (χ4n) is 3.21. The van der Waals surface area contributed by atoms with Crippen LogP contribution in [0.1, 0.15) is 35.8 Å². The summed E-state index contributed by atoms with van der Waals surface area (Å²) in [7, 11) is 0. The zero-order valence-electron chi connectivity index (χ0n) is 15.3. The zero-order chi connectivity index (χ0) is 19.4. The van der Waals surface area contributed by atoms with Crippen molar-refractivity contribution in [2.24, 2.45) is 11.7 Å². The second kappa shape index (κ2) is 8.14. The lowest BCUT2D eigenvalue weighted by Crippen LogP contribution is -2.40. The Kier molecular flexibility index (Phi) is 5.66. The molecule has 5 nitrogen and oxygen atoms in total. The van der Waals surface area contributed by atoms with Crippen LogP contribution in [0.15, 0.2) is 73.3 Å². The maximum Gasteiger partial charge on any atom is 0.264 e. The minimum absolute atomic E-state index is 0.0200. The molecule has 2 N–H and O–H groups in total. The zero-order valence-corrected chi connectivity index (χ0v) is 16.1. The molecule has 0 bridgehead atoms. The summed E-state index contributed by atoms with van der Waals surface area (Å²) in [6.45, 7) is 4.33. The third-order valence-corrected chi connectivity index (χ3v) is 4.60. The van der Waals surface area contributed by atoms with Gasteiger partial charge in [-0.05, 0) is 48.0 Å². The number of rotatable bonds is 5. The number of aromatic nitrogens is 2. The molecule has 138 valence electrons. The molecule has 0 aliphatic heterocycles. The van der Waals surface area contributed by atoms with Crippen LogP contribution >= 0.6 is 12.2 Å². The number of benzene rings is 2. The van der Waals surface area contributed by atoms with E-state index >= 15 is 0 Å². The van der Waals surface area contributed by atoms with Crippen LogP contribution in [-0.2, 0) is 0 Å². The number of hydrogen-bond donors (Lipinski definition) is 1. The van der Waals surface area contributed by atoms with E-state index in [1.54, 1.807) is 18.3 Å². The van der Waals surface area contributed by atoms with Crippen LogP contribution in [0.5, 0.6) is 0 Å². The van der Waals surface area contributed by atoms with Gasteiger partial charge < -0.3 is 10.3 Å². The number of carbonyl (C=O) groups excluding carboxylic acids is 1. The molecule has 0 saturated carbocycles. The molecule has 0 radical (unpaired) electrons. The van der Waals surface area contributed by atoms with Crippen LogP contribution in [0, 0.1) is 5.92 Å². The molecule has 0 aliphatic rings. The first kappa shape index (κ1) is 18.8. The van der Waals surface area contributed by atoms with Crippen LogP contribution in [0.3, 0.4) is 0 Å². The number of thiocarbonyl (C=S) groups is 1. The van der Waals surface area contributed by atoms with Crippen molar-refractivity contribution in [2.45, 2.75) is 19.9 Å². The lowest BCUT2D eigenvalue weighted by molar-refractivity contribution is 0.100. The summed E-state index contributed by atoms with van der Waals surface area (Å²) in [5, 5.41) is 0.0200. The first-order valence-corrected chi connectivity index (χ1v) is 9.16. The van der Waals surface area contributed by atoms with Crippen molar-refractivity contribution in [3.63, 3.8) is 0 Å². The summed E-state index contributed by atoms with van der Waals surface area (Å²) in [4.78, 5) is 18.4. The van der Waals surface area contributed by atoms with Gasteiger partial charge in [0.2, 0.25) is 0 Å². The first-order chi connectivity index (χ1) is 13.0. The molecule has 1 amide bonds. The van der Waals surface area contributed by atoms with Crippen molar-refractivity contribution in [1.82, 2.24) is 9.55 Å². The third kappa shape index (κ3) is 4.06. The van der Waals surface area contributed by atoms with Crippen molar-refractivity contribution in [1.29, 1.82) is 0 Å². The highest BCUT2D eigenvalue weighted by atomic mass is 32.1. The molecule has 0 spiro atoms. The second-order valence-electron chi connectivity index (χ2n) is 6.64. The highest BCUT2D eigenvalue weighted by Gasteiger charge is 2.22. The highest BCUT2D eigenvalue weighted by Crippen LogP contribution is 2.28. The Labute approximate surface area is 164 Å². The van der Waals surface area contributed by atoms with Crippen molar-refractivity contribution in [2.75, 3.05) is 4.90 Å². The Bertz CT molecular complexity index is 905.